The molecule has 0 radical (unpaired) electrons. The van der Waals surface area contributed by atoms with Gasteiger partial charge < -0.3 is 9.13 Å². The standard InChI is InChI=1S/C22H21ClFN7O2/c1-14-11-30-18-19(26-21(30)29(14)9-4-8-28-10-7-25-13-28)27(2)22(33)31(20(18)32)12-15-16(23)5-3-6-17(15)24/h3,5-7,10-11,13H,4,8-9,12H2,1-2H3. The normalized spacial score (nSPS) is 11.8. The second kappa shape index (κ2) is 8.04. The van der Waals surface area contributed by atoms with Crippen LogP contribution in [0.5, 0.6) is 0 Å². The highest BCUT2D eigenvalue weighted by atomic mass is 35.5. The SMILES string of the molecule is Cc1cn2c3c(=O)n(Cc4c(F)cccc4Cl)c(=O)n(C)c3nc2n1CCCn1ccnc1. The van der Waals surface area contributed by atoms with Gasteiger partial charge in [-0.15, -0.1) is 0 Å². The highest BCUT2D eigenvalue weighted by Gasteiger charge is 2.21. The Balaban J connectivity index is 1.61. The van der Waals surface area contributed by atoms with Gasteiger partial charge in [0.25, 0.3) is 5.56 Å². The van der Waals surface area contributed by atoms with E-state index in [2.05, 4.69) is 9.97 Å². The van der Waals surface area contributed by atoms with Crippen LogP contribution in [-0.2, 0) is 26.7 Å². The molecule has 170 valence electrons. The molecule has 33 heavy (non-hydrogen) atoms. The summed E-state index contributed by atoms with van der Waals surface area (Å²) in [5.41, 5.74) is 0.426. The van der Waals surface area contributed by atoms with E-state index < -0.39 is 17.1 Å². The molecule has 0 aliphatic carbocycles. The summed E-state index contributed by atoms with van der Waals surface area (Å²) in [6, 6.07) is 4.25. The van der Waals surface area contributed by atoms with Gasteiger partial charge in [-0.3, -0.25) is 18.3 Å². The predicted octanol–water partition coefficient (Wildman–Crippen LogP) is 2.59. The van der Waals surface area contributed by atoms with Gasteiger partial charge >= 0.3 is 5.69 Å². The molecule has 0 saturated heterocycles. The second-order valence-corrected chi connectivity index (χ2v) is 8.37. The second-order valence-electron chi connectivity index (χ2n) is 7.96. The minimum atomic E-state index is -0.587. The van der Waals surface area contributed by atoms with Gasteiger partial charge in [0.1, 0.15) is 5.82 Å². The number of hydrogen-bond donors (Lipinski definition) is 0. The van der Waals surface area contributed by atoms with Crippen LogP contribution in [0, 0.1) is 12.7 Å². The van der Waals surface area contributed by atoms with Crippen molar-refractivity contribution >= 4 is 28.5 Å². The average molecular weight is 470 g/mol. The molecule has 5 aromatic rings. The number of halogens is 2. The summed E-state index contributed by atoms with van der Waals surface area (Å²) in [6.07, 6.45) is 8.07. The van der Waals surface area contributed by atoms with E-state index in [-0.39, 0.29) is 28.3 Å². The summed E-state index contributed by atoms with van der Waals surface area (Å²) >= 11 is 6.13. The lowest BCUT2D eigenvalue weighted by atomic mass is 10.2. The summed E-state index contributed by atoms with van der Waals surface area (Å²) in [6.45, 7) is 3.14. The molecule has 0 aliphatic heterocycles. The molecule has 11 heteroatoms. The molecule has 4 heterocycles. The molecule has 0 fully saturated rings. The Kier molecular flexibility index (Phi) is 5.16. The molecule has 0 N–H and O–H groups in total. The summed E-state index contributed by atoms with van der Waals surface area (Å²) in [5, 5.41) is 0.155. The fourth-order valence-electron chi connectivity index (χ4n) is 4.14. The number of aromatic nitrogens is 7. The van der Waals surface area contributed by atoms with Crippen LogP contribution in [0.15, 0.2) is 52.7 Å². The van der Waals surface area contributed by atoms with Crippen molar-refractivity contribution in [3.63, 3.8) is 0 Å². The van der Waals surface area contributed by atoms with Crippen LogP contribution >= 0.6 is 11.6 Å². The van der Waals surface area contributed by atoms with Crippen LogP contribution in [0.4, 0.5) is 4.39 Å². The van der Waals surface area contributed by atoms with Crippen molar-refractivity contribution in [1.29, 1.82) is 0 Å². The molecule has 0 saturated carbocycles. The van der Waals surface area contributed by atoms with Gasteiger partial charge in [0.05, 0.1) is 12.9 Å². The van der Waals surface area contributed by atoms with E-state index in [0.717, 1.165) is 23.2 Å². The van der Waals surface area contributed by atoms with Crippen molar-refractivity contribution in [1.82, 2.24) is 32.6 Å². The molecule has 5 rings (SSSR count). The lowest BCUT2D eigenvalue weighted by molar-refractivity contribution is 0.564. The minimum absolute atomic E-state index is 0.0896. The fraction of sp³-hybridized carbons (Fsp3) is 0.273. The van der Waals surface area contributed by atoms with E-state index in [1.807, 2.05) is 28.5 Å². The van der Waals surface area contributed by atoms with Gasteiger partial charge in [-0.2, -0.15) is 4.98 Å². The molecule has 0 spiro atoms. The van der Waals surface area contributed by atoms with Crippen molar-refractivity contribution in [3.8, 4) is 0 Å². The first-order valence-electron chi connectivity index (χ1n) is 10.4. The van der Waals surface area contributed by atoms with Crippen molar-refractivity contribution in [2.75, 3.05) is 0 Å². The number of rotatable bonds is 6. The Morgan fingerprint density at radius 3 is 2.70 bits per heavy atom. The predicted molar refractivity (Wildman–Crippen MR) is 122 cm³/mol. The molecule has 1 aromatic carbocycles. The summed E-state index contributed by atoms with van der Waals surface area (Å²) < 4.78 is 22.4. The molecular weight excluding hydrogens is 449 g/mol. The van der Waals surface area contributed by atoms with E-state index >= 15 is 0 Å². The maximum atomic E-state index is 14.3. The Bertz CT molecular complexity index is 1590. The highest BCUT2D eigenvalue weighted by molar-refractivity contribution is 6.31. The number of fused-ring (bicyclic) bond motifs is 3. The van der Waals surface area contributed by atoms with E-state index in [1.165, 1.54) is 22.8 Å². The first kappa shape index (κ1) is 21.2. The molecule has 0 bridgehead atoms. The molecular formula is C22H21ClFN7O2. The Hall–Kier alpha value is -3.66. The molecule has 9 nitrogen and oxygen atoms in total. The summed E-state index contributed by atoms with van der Waals surface area (Å²) in [5.74, 6) is -0.00299. The molecule has 0 aliphatic rings. The maximum Gasteiger partial charge on any atom is 0.332 e. The zero-order valence-electron chi connectivity index (χ0n) is 18.1. The largest absolute Gasteiger partial charge is 0.337 e. The van der Waals surface area contributed by atoms with E-state index in [9.17, 15) is 14.0 Å². The van der Waals surface area contributed by atoms with Gasteiger partial charge in [-0.1, -0.05) is 17.7 Å². The summed E-state index contributed by atoms with van der Waals surface area (Å²) in [7, 11) is 1.55. The van der Waals surface area contributed by atoms with E-state index in [4.69, 9.17) is 11.6 Å². The number of imidazole rings is 3. The van der Waals surface area contributed by atoms with Crippen LogP contribution in [-0.4, -0.2) is 32.6 Å². The quantitative estimate of drug-likeness (QED) is 0.382. The zero-order chi connectivity index (χ0) is 23.3. The zero-order valence-corrected chi connectivity index (χ0v) is 18.8. The van der Waals surface area contributed by atoms with Crippen LogP contribution in [0.2, 0.25) is 5.02 Å². The number of benzene rings is 1. The molecule has 0 amide bonds. The molecule has 0 unspecified atom stereocenters. The van der Waals surface area contributed by atoms with Crippen molar-refractivity contribution < 1.29 is 4.39 Å². The third kappa shape index (κ3) is 3.46. The smallest absolute Gasteiger partial charge is 0.332 e. The average Bonchev–Trinajstić information content (AvgIpc) is 3.49. The monoisotopic (exact) mass is 469 g/mol. The first-order valence-corrected chi connectivity index (χ1v) is 10.8. The Morgan fingerprint density at radius 1 is 1.15 bits per heavy atom. The highest BCUT2D eigenvalue weighted by Crippen LogP contribution is 2.20. The van der Waals surface area contributed by atoms with Gasteiger partial charge in [0.15, 0.2) is 11.2 Å². The minimum Gasteiger partial charge on any atom is -0.337 e. The maximum absolute atomic E-state index is 14.3. The number of aryl methyl sites for hydroxylation is 4. The fourth-order valence-corrected chi connectivity index (χ4v) is 4.37. The third-order valence-corrected chi connectivity index (χ3v) is 6.23. The molecule has 0 atom stereocenters. The van der Waals surface area contributed by atoms with Crippen LogP contribution in [0.25, 0.3) is 16.9 Å². The van der Waals surface area contributed by atoms with E-state index in [1.54, 1.807) is 24.0 Å². The van der Waals surface area contributed by atoms with Crippen molar-refractivity contribution in [3.05, 3.63) is 86.1 Å². The topological polar surface area (TPSA) is 84.0 Å². The van der Waals surface area contributed by atoms with Crippen LogP contribution < -0.4 is 11.2 Å². The van der Waals surface area contributed by atoms with E-state index in [0.29, 0.717) is 12.3 Å². The molecule has 4 aromatic heterocycles. The Labute approximate surface area is 191 Å². The number of hydrogen-bond acceptors (Lipinski definition) is 4. The summed E-state index contributed by atoms with van der Waals surface area (Å²) in [4.78, 5) is 35.0. The van der Waals surface area contributed by atoms with Crippen LogP contribution in [0.3, 0.4) is 0 Å². The Morgan fingerprint density at radius 2 is 1.97 bits per heavy atom. The lowest BCUT2D eigenvalue weighted by Gasteiger charge is -2.10. The first-order chi connectivity index (χ1) is 15.9. The number of nitrogens with zero attached hydrogens (tertiary/aromatic N) is 7. The van der Waals surface area contributed by atoms with Gasteiger partial charge in [0, 0.05) is 55.0 Å². The van der Waals surface area contributed by atoms with Gasteiger partial charge in [0.2, 0.25) is 5.78 Å². The van der Waals surface area contributed by atoms with Crippen LogP contribution in [0.1, 0.15) is 17.7 Å². The van der Waals surface area contributed by atoms with Crippen molar-refractivity contribution in [2.45, 2.75) is 33.0 Å². The lowest BCUT2D eigenvalue weighted by Crippen LogP contribution is -2.39. The van der Waals surface area contributed by atoms with Gasteiger partial charge in [-0.05, 0) is 25.5 Å². The third-order valence-electron chi connectivity index (χ3n) is 5.88. The van der Waals surface area contributed by atoms with Crippen molar-refractivity contribution in [2.24, 2.45) is 7.05 Å². The van der Waals surface area contributed by atoms with Gasteiger partial charge in [-0.25, -0.2) is 14.2 Å².